The summed E-state index contributed by atoms with van der Waals surface area (Å²) in [6.45, 7) is 1.93. The molecule has 1 aliphatic carbocycles. The highest BCUT2D eigenvalue weighted by Gasteiger charge is 2.35. The van der Waals surface area contributed by atoms with Crippen LogP contribution in [0.15, 0.2) is 42.0 Å². The Morgan fingerprint density at radius 2 is 2.04 bits per heavy atom. The number of likely N-dealkylation sites (tertiary alicyclic amines) is 1. The Labute approximate surface area is 150 Å². The van der Waals surface area contributed by atoms with Gasteiger partial charge in [0.1, 0.15) is 0 Å². The maximum Gasteiger partial charge on any atom is 0.228 e. The van der Waals surface area contributed by atoms with E-state index in [1.807, 2.05) is 42.3 Å². The van der Waals surface area contributed by atoms with E-state index in [9.17, 15) is 9.59 Å². The van der Waals surface area contributed by atoms with Gasteiger partial charge in [-0.05, 0) is 37.7 Å². The van der Waals surface area contributed by atoms with E-state index in [1.165, 1.54) is 31.3 Å². The van der Waals surface area contributed by atoms with Gasteiger partial charge >= 0.3 is 0 Å². The summed E-state index contributed by atoms with van der Waals surface area (Å²) in [4.78, 5) is 28.6. The lowest BCUT2D eigenvalue weighted by Gasteiger charge is -2.22. The first-order chi connectivity index (χ1) is 12.1. The molecule has 1 aliphatic heterocycles. The summed E-state index contributed by atoms with van der Waals surface area (Å²) in [5, 5.41) is 0. The fraction of sp³-hybridized carbons (Fsp3) is 0.524. The number of hydrogen-bond donors (Lipinski definition) is 0. The van der Waals surface area contributed by atoms with Gasteiger partial charge in [-0.3, -0.25) is 9.59 Å². The second kappa shape index (κ2) is 8.32. The van der Waals surface area contributed by atoms with E-state index in [1.54, 1.807) is 4.90 Å². The molecule has 4 heteroatoms. The van der Waals surface area contributed by atoms with E-state index >= 15 is 0 Å². The van der Waals surface area contributed by atoms with Crippen LogP contribution in [0.4, 0.5) is 0 Å². The molecule has 1 fully saturated rings. The summed E-state index contributed by atoms with van der Waals surface area (Å²) < 4.78 is 0. The maximum atomic E-state index is 12.7. The van der Waals surface area contributed by atoms with Gasteiger partial charge < -0.3 is 9.80 Å². The monoisotopic (exact) mass is 340 g/mol. The molecule has 25 heavy (non-hydrogen) atoms. The molecule has 134 valence electrons. The molecule has 0 aromatic heterocycles. The Balaban J connectivity index is 1.50. The van der Waals surface area contributed by atoms with Crippen LogP contribution >= 0.6 is 0 Å². The summed E-state index contributed by atoms with van der Waals surface area (Å²) in [7, 11) is 1.83. The molecule has 3 rings (SSSR count). The molecule has 1 saturated heterocycles. The molecule has 0 saturated carbocycles. The molecule has 0 radical (unpaired) electrons. The maximum absolute atomic E-state index is 12.7. The largest absolute Gasteiger partial charge is 0.342 e. The standard InChI is InChI=1S/C21H28N2O2/c1-22(15-18-10-6-3-7-11-18)21(25)19-14-20(24)23(16-19)13-12-17-8-4-2-5-9-17/h3,6-8,10-11,19H,2,4-5,9,12-16H2,1H3. The zero-order chi connectivity index (χ0) is 17.6. The molecule has 1 unspecified atom stereocenters. The first-order valence-electron chi connectivity index (χ1n) is 9.38. The summed E-state index contributed by atoms with van der Waals surface area (Å²) in [6, 6.07) is 9.98. The first-order valence-corrected chi connectivity index (χ1v) is 9.38. The second-order valence-corrected chi connectivity index (χ2v) is 7.28. The van der Waals surface area contributed by atoms with Crippen molar-refractivity contribution in [1.29, 1.82) is 0 Å². The van der Waals surface area contributed by atoms with E-state index in [4.69, 9.17) is 0 Å². The van der Waals surface area contributed by atoms with Gasteiger partial charge in [0.15, 0.2) is 0 Å². The minimum atomic E-state index is -0.193. The Morgan fingerprint density at radius 3 is 2.76 bits per heavy atom. The van der Waals surface area contributed by atoms with Crippen molar-refractivity contribution in [1.82, 2.24) is 9.80 Å². The summed E-state index contributed by atoms with van der Waals surface area (Å²) in [6.07, 6.45) is 8.56. The molecule has 2 amide bonds. The average molecular weight is 340 g/mol. The Bertz CT molecular complexity index is 639. The van der Waals surface area contributed by atoms with Crippen LogP contribution in [0, 0.1) is 5.92 Å². The van der Waals surface area contributed by atoms with Crippen LogP contribution < -0.4 is 0 Å². The van der Waals surface area contributed by atoms with Crippen LogP contribution in [-0.4, -0.2) is 41.8 Å². The van der Waals surface area contributed by atoms with Crippen LogP contribution in [0.1, 0.15) is 44.1 Å². The summed E-state index contributed by atoms with van der Waals surface area (Å²) >= 11 is 0. The summed E-state index contributed by atoms with van der Waals surface area (Å²) in [5.41, 5.74) is 2.60. The summed E-state index contributed by atoms with van der Waals surface area (Å²) in [5.74, 6) is 0.0148. The minimum absolute atomic E-state index is 0.0802. The number of amides is 2. The topological polar surface area (TPSA) is 40.6 Å². The van der Waals surface area contributed by atoms with Gasteiger partial charge in [0.05, 0.1) is 5.92 Å². The number of hydrogen-bond acceptors (Lipinski definition) is 2. The van der Waals surface area contributed by atoms with E-state index in [-0.39, 0.29) is 17.7 Å². The van der Waals surface area contributed by atoms with Gasteiger partial charge in [0, 0.05) is 33.1 Å². The number of rotatable bonds is 6. The van der Waals surface area contributed by atoms with Crippen LogP contribution in [0.3, 0.4) is 0 Å². The molecule has 1 aromatic carbocycles. The van der Waals surface area contributed by atoms with Crippen molar-refractivity contribution in [2.45, 2.75) is 45.1 Å². The Hall–Kier alpha value is -2.10. The lowest BCUT2D eigenvalue weighted by molar-refractivity contribution is -0.135. The molecule has 1 heterocycles. The number of benzene rings is 1. The average Bonchev–Trinajstić information content (AvgIpc) is 3.02. The van der Waals surface area contributed by atoms with Crippen molar-refractivity contribution in [2.75, 3.05) is 20.1 Å². The molecule has 0 N–H and O–H groups in total. The highest BCUT2D eigenvalue weighted by atomic mass is 16.2. The van der Waals surface area contributed by atoms with Crippen molar-refractivity contribution < 1.29 is 9.59 Å². The third-order valence-electron chi connectivity index (χ3n) is 5.29. The number of carbonyl (C=O) groups excluding carboxylic acids is 2. The van der Waals surface area contributed by atoms with Crippen LogP contribution in [0.25, 0.3) is 0 Å². The Morgan fingerprint density at radius 1 is 1.24 bits per heavy atom. The normalized spacial score (nSPS) is 20.5. The predicted molar refractivity (Wildman–Crippen MR) is 98.8 cm³/mol. The van der Waals surface area contributed by atoms with Crippen molar-refractivity contribution in [3.8, 4) is 0 Å². The predicted octanol–water partition coefficient (Wildman–Crippen LogP) is 3.38. The molecular formula is C21H28N2O2. The quantitative estimate of drug-likeness (QED) is 0.745. The number of carbonyl (C=O) groups is 2. The SMILES string of the molecule is CN(Cc1ccccc1)C(=O)C1CC(=O)N(CCC2=CCCCC2)C1. The number of allylic oxidation sites excluding steroid dienone is 1. The lowest BCUT2D eigenvalue weighted by atomic mass is 9.97. The van der Waals surface area contributed by atoms with E-state index in [0.717, 1.165) is 18.5 Å². The molecule has 1 atom stereocenters. The highest BCUT2D eigenvalue weighted by molar-refractivity contribution is 5.89. The zero-order valence-electron chi connectivity index (χ0n) is 15.1. The molecular weight excluding hydrogens is 312 g/mol. The molecule has 2 aliphatic rings. The molecule has 0 bridgehead atoms. The fourth-order valence-corrected chi connectivity index (χ4v) is 3.81. The smallest absolute Gasteiger partial charge is 0.228 e. The minimum Gasteiger partial charge on any atom is -0.342 e. The van der Waals surface area contributed by atoms with E-state index in [0.29, 0.717) is 19.5 Å². The highest BCUT2D eigenvalue weighted by Crippen LogP contribution is 2.24. The van der Waals surface area contributed by atoms with Gasteiger partial charge in [-0.2, -0.15) is 0 Å². The molecule has 0 spiro atoms. The Kier molecular flexibility index (Phi) is 5.90. The third-order valence-corrected chi connectivity index (χ3v) is 5.29. The first kappa shape index (κ1) is 17.7. The fourth-order valence-electron chi connectivity index (χ4n) is 3.81. The molecule has 4 nitrogen and oxygen atoms in total. The third kappa shape index (κ3) is 4.71. The van der Waals surface area contributed by atoms with Gasteiger partial charge in [0.25, 0.3) is 0 Å². The van der Waals surface area contributed by atoms with Crippen LogP contribution in [0.2, 0.25) is 0 Å². The van der Waals surface area contributed by atoms with Crippen LogP contribution in [0.5, 0.6) is 0 Å². The van der Waals surface area contributed by atoms with Gasteiger partial charge in [-0.25, -0.2) is 0 Å². The van der Waals surface area contributed by atoms with Crippen molar-refractivity contribution in [3.63, 3.8) is 0 Å². The lowest BCUT2D eigenvalue weighted by Crippen LogP contribution is -2.34. The second-order valence-electron chi connectivity index (χ2n) is 7.28. The van der Waals surface area contributed by atoms with Gasteiger partial charge in [-0.1, -0.05) is 42.0 Å². The number of nitrogens with zero attached hydrogens (tertiary/aromatic N) is 2. The van der Waals surface area contributed by atoms with E-state index in [2.05, 4.69) is 6.08 Å². The van der Waals surface area contributed by atoms with Gasteiger partial charge in [0.2, 0.25) is 11.8 Å². The van der Waals surface area contributed by atoms with Crippen molar-refractivity contribution >= 4 is 11.8 Å². The molecule has 1 aromatic rings. The van der Waals surface area contributed by atoms with E-state index < -0.39 is 0 Å². The van der Waals surface area contributed by atoms with Gasteiger partial charge in [-0.15, -0.1) is 0 Å². The van der Waals surface area contributed by atoms with Crippen molar-refractivity contribution in [2.24, 2.45) is 5.92 Å². The van der Waals surface area contributed by atoms with Crippen molar-refractivity contribution in [3.05, 3.63) is 47.5 Å². The zero-order valence-corrected chi connectivity index (χ0v) is 15.1. The van der Waals surface area contributed by atoms with Crippen LogP contribution in [-0.2, 0) is 16.1 Å².